The van der Waals surface area contributed by atoms with E-state index in [9.17, 15) is 9.90 Å². The molecule has 0 aromatic heterocycles. The Bertz CT molecular complexity index is 487. The van der Waals surface area contributed by atoms with Gasteiger partial charge in [0.1, 0.15) is 5.75 Å². The van der Waals surface area contributed by atoms with Crippen LogP contribution in [-0.4, -0.2) is 53.5 Å². The summed E-state index contributed by atoms with van der Waals surface area (Å²) in [5.74, 6) is 0.0679. The molecule has 1 aliphatic heterocycles. The van der Waals surface area contributed by atoms with Crippen LogP contribution in [0.3, 0.4) is 0 Å². The lowest BCUT2D eigenvalue weighted by Crippen LogP contribution is -2.43. The third-order valence-electron chi connectivity index (χ3n) is 4.10. The van der Waals surface area contributed by atoms with Gasteiger partial charge in [-0.3, -0.25) is 4.79 Å². The van der Waals surface area contributed by atoms with Gasteiger partial charge in [-0.2, -0.15) is 0 Å². The molecule has 0 aliphatic carbocycles. The van der Waals surface area contributed by atoms with Gasteiger partial charge in [0.15, 0.2) is 0 Å². The second-order valence-corrected chi connectivity index (χ2v) is 5.65. The molecule has 1 heterocycles. The Morgan fingerprint density at radius 1 is 1.40 bits per heavy atom. The Hall–Kier alpha value is -1.55. The highest BCUT2D eigenvalue weighted by molar-refractivity contribution is 5.97. The summed E-state index contributed by atoms with van der Waals surface area (Å²) in [6.07, 6.45) is 1.91. The zero-order valence-electron chi connectivity index (χ0n) is 12.6. The first kappa shape index (κ1) is 14.9. The van der Waals surface area contributed by atoms with Crippen LogP contribution >= 0.6 is 0 Å². The molecule has 4 nitrogen and oxygen atoms in total. The SMILES string of the molecule is CCC1CN(C)CCCN1C(=O)c1cccc(C)c1O. The van der Waals surface area contributed by atoms with Crippen molar-refractivity contribution >= 4 is 5.91 Å². The van der Waals surface area contributed by atoms with Crippen LogP contribution in [0.1, 0.15) is 35.7 Å². The maximum Gasteiger partial charge on any atom is 0.257 e. The topological polar surface area (TPSA) is 43.8 Å². The predicted molar refractivity (Wildman–Crippen MR) is 80.1 cm³/mol. The van der Waals surface area contributed by atoms with Crippen molar-refractivity contribution in [3.05, 3.63) is 29.3 Å². The minimum atomic E-state index is -0.0478. The smallest absolute Gasteiger partial charge is 0.257 e. The largest absolute Gasteiger partial charge is 0.507 e. The van der Waals surface area contributed by atoms with E-state index in [2.05, 4.69) is 18.9 Å². The first-order valence-electron chi connectivity index (χ1n) is 7.32. The van der Waals surface area contributed by atoms with Crippen molar-refractivity contribution in [3.8, 4) is 5.75 Å². The van der Waals surface area contributed by atoms with Crippen LogP contribution < -0.4 is 0 Å². The lowest BCUT2D eigenvalue weighted by molar-refractivity contribution is 0.0672. The average Bonchev–Trinajstić information content (AvgIpc) is 2.62. The molecule has 0 bridgehead atoms. The van der Waals surface area contributed by atoms with Crippen molar-refractivity contribution in [3.63, 3.8) is 0 Å². The van der Waals surface area contributed by atoms with Gasteiger partial charge in [-0.25, -0.2) is 0 Å². The fraction of sp³-hybridized carbons (Fsp3) is 0.562. The molecule has 1 atom stereocenters. The van der Waals surface area contributed by atoms with Gasteiger partial charge in [-0.15, -0.1) is 0 Å². The number of phenols is 1. The summed E-state index contributed by atoms with van der Waals surface area (Å²) in [4.78, 5) is 17.0. The molecule has 1 saturated heterocycles. The lowest BCUT2D eigenvalue weighted by Gasteiger charge is -2.30. The van der Waals surface area contributed by atoms with Crippen molar-refractivity contribution < 1.29 is 9.90 Å². The van der Waals surface area contributed by atoms with Gasteiger partial charge in [0.05, 0.1) is 5.56 Å². The molecule has 0 radical (unpaired) electrons. The molecule has 1 unspecified atom stereocenters. The molecule has 0 saturated carbocycles. The van der Waals surface area contributed by atoms with Crippen molar-refractivity contribution in [2.24, 2.45) is 0 Å². The van der Waals surface area contributed by atoms with E-state index in [0.717, 1.165) is 38.0 Å². The van der Waals surface area contributed by atoms with Gasteiger partial charge in [0.25, 0.3) is 5.91 Å². The van der Waals surface area contributed by atoms with Gasteiger partial charge >= 0.3 is 0 Å². The second-order valence-electron chi connectivity index (χ2n) is 5.65. The van der Waals surface area contributed by atoms with E-state index in [4.69, 9.17) is 0 Å². The molecule has 1 fully saturated rings. The van der Waals surface area contributed by atoms with Crippen molar-refractivity contribution in [2.45, 2.75) is 32.7 Å². The first-order chi connectivity index (χ1) is 9.54. The summed E-state index contributed by atoms with van der Waals surface area (Å²) in [5, 5.41) is 10.1. The van der Waals surface area contributed by atoms with Gasteiger partial charge in [0, 0.05) is 19.1 Å². The molecule has 1 aliphatic rings. The van der Waals surface area contributed by atoms with Gasteiger partial charge in [-0.05, 0) is 45.0 Å². The number of amides is 1. The molecular formula is C16H24N2O2. The van der Waals surface area contributed by atoms with Crippen LogP contribution in [0.4, 0.5) is 0 Å². The van der Waals surface area contributed by atoms with E-state index >= 15 is 0 Å². The number of carbonyl (C=O) groups excluding carboxylic acids is 1. The summed E-state index contributed by atoms with van der Waals surface area (Å²) < 4.78 is 0. The maximum absolute atomic E-state index is 12.7. The molecule has 4 heteroatoms. The fourth-order valence-electron chi connectivity index (χ4n) is 2.85. The number of aryl methyl sites for hydroxylation is 1. The Balaban J connectivity index is 2.28. The van der Waals surface area contributed by atoms with Crippen LogP contribution in [0, 0.1) is 6.92 Å². The van der Waals surface area contributed by atoms with Crippen LogP contribution in [0.5, 0.6) is 5.75 Å². The van der Waals surface area contributed by atoms with Crippen LogP contribution in [0.2, 0.25) is 0 Å². The molecule has 20 heavy (non-hydrogen) atoms. The number of para-hydroxylation sites is 1. The Labute approximate surface area is 121 Å². The highest BCUT2D eigenvalue weighted by Crippen LogP contribution is 2.25. The van der Waals surface area contributed by atoms with Gasteiger partial charge in [-0.1, -0.05) is 19.1 Å². The molecule has 1 N–H and O–H groups in total. The highest BCUT2D eigenvalue weighted by Gasteiger charge is 2.28. The standard InChI is InChI=1S/C16H24N2O2/c1-4-13-11-17(3)9-6-10-18(13)16(20)14-8-5-7-12(2)15(14)19/h5,7-8,13,19H,4,6,9-11H2,1-3H3. The number of nitrogens with zero attached hydrogens (tertiary/aromatic N) is 2. The number of benzene rings is 1. The van der Waals surface area contributed by atoms with Gasteiger partial charge in [0.2, 0.25) is 0 Å². The minimum absolute atomic E-state index is 0.0478. The summed E-state index contributed by atoms with van der Waals surface area (Å²) >= 11 is 0. The molecule has 2 rings (SSSR count). The summed E-state index contributed by atoms with van der Waals surface area (Å²) in [6.45, 7) is 6.60. The van der Waals surface area contributed by atoms with Crippen LogP contribution in [0.15, 0.2) is 18.2 Å². The number of likely N-dealkylation sites (N-methyl/N-ethyl adjacent to an activating group) is 1. The number of hydrogen-bond acceptors (Lipinski definition) is 3. The average molecular weight is 276 g/mol. The van der Waals surface area contributed by atoms with Crippen molar-refractivity contribution in [2.75, 3.05) is 26.7 Å². The normalized spacial score (nSPS) is 20.8. The minimum Gasteiger partial charge on any atom is -0.507 e. The number of carbonyl (C=O) groups is 1. The van der Waals surface area contributed by atoms with Crippen LogP contribution in [0.25, 0.3) is 0 Å². The summed E-state index contributed by atoms with van der Waals surface area (Å²) in [7, 11) is 2.10. The Kier molecular flexibility index (Phi) is 4.65. The summed E-state index contributed by atoms with van der Waals surface area (Å²) in [6, 6.07) is 5.58. The molecule has 1 amide bonds. The number of phenolic OH excluding ortho intramolecular Hbond substituents is 1. The second kappa shape index (κ2) is 6.27. The number of hydrogen-bond donors (Lipinski definition) is 1. The van der Waals surface area contributed by atoms with E-state index in [-0.39, 0.29) is 17.7 Å². The van der Waals surface area contributed by atoms with Crippen LogP contribution in [-0.2, 0) is 0 Å². The summed E-state index contributed by atoms with van der Waals surface area (Å²) in [5.41, 5.74) is 1.17. The Morgan fingerprint density at radius 2 is 2.15 bits per heavy atom. The maximum atomic E-state index is 12.7. The third kappa shape index (κ3) is 2.96. The monoisotopic (exact) mass is 276 g/mol. The predicted octanol–water partition coefficient (Wildman–Crippen LogP) is 2.26. The van der Waals surface area contributed by atoms with Gasteiger partial charge < -0.3 is 14.9 Å². The molecule has 110 valence electrons. The van der Waals surface area contributed by atoms with Crippen molar-refractivity contribution in [1.82, 2.24) is 9.80 Å². The van der Waals surface area contributed by atoms with E-state index < -0.39 is 0 Å². The van der Waals surface area contributed by atoms with Crippen molar-refractivity contribution in [1.29, 1.82) is 0 Å². The fourth-order valence-corrected chi connectivity index (χ4v) is 2.85. The molecule has 1 aromatic rings. The number of rotatable bonds is 2. The third-order valence-corrected chi connectivity index (χ3v) is 4.10. The first-order valence-corrected chi connectivity index (χ1v) is 7.32. The Morgan fingerprint density at radius 3 is 2.85 bits per heavy atom. The van der Waals surface area contributed by atoms with E-state index in [1.807, 2.05) is 24.0 Å². The molecule has 0 spiro atoms. The zero-order valence-corrected chi connectivity index (χ0v) is 12.6. The van der Waals surface area contributed by atoms with E-state index in [0.29, 0.717) is 5.56 Å². The number of aromatic hydroxyl groups is 1. The van der Waals surface area contributed by atoms with E-state index in [1.54, 1.807) is 6.07 Å². The highest BCUT2D eigenvalue weighted by atomic mass is 16.3. The molecule has 1 aromatic carbocycles. The quantitative estimate of drug-likeness (QED) is 0.901. The van der Waals surface area contributed by atoms with E-state index in [1.165, 1.54) is 0 Å². The molecular weight excluding hydrogens is 252 g/mol. The zero-order chi connectivity index (χ0) is 14.7. The lowest BCUT2D eigenvalue weighted by atomic mass is 10.1.